The van der Waals surface area contributed by atoms with Crippen LogP contribution in [-0.2, 0) is 11.3 Å². The summed E-state index contributed by atoms with van der Waals surface area (Å²) in [5, 5.41) is 0. The van der Waals surface area contributed by atoms with Gasteiger partial charge in [-0.05, 0) is 37.1 Å². The van der Waals surface area contributed by atoms with Gasteiger partial charge in [-0.3, -0.25) is 4.90 Å². The molecule has 0 radical (unpaired) electrons. The first-order valence-corrected chi connectivity index (χ1v) is 6.90. The zero-order chi connectivity index (χ0) is 13.2. The van der Waals surface area contributed by atoms with Crippen molar-refractivity contribution in [3.05, 3.63) is 29.8 Å². The van der Waals surface area contributed by atoms with Crippen LogP contribution in [0.5, 0.6) is 0 Å². The Labute approximate surface area is 111 Å². The maximum atomic E-state index is 5.80. The Hall–Kier alpha value is -1.06. The molecule has 102 valence electrons. The van der Waals surface area contributed by atoms with Crippen LogP contribution < -0.4 is 5.73 Å². The van der Waals surface area contributed by atoms with E-state index in [1.54, 1.807) is 0 Å². The highest BCUT2D eigenvalue weighted by molar-refractivity contribution is 5.40. The molecule has 0 saturated carbocycles. The van der Waals surface area contributed by atoms with Crippen molar-refractivity contribution in [2.24, 2.45) is 0 Å². The van der Waals surface area contributed by atoms with Gasteiger partial charge in [-0.2, -0.15) is 0 Å². The second kappa shape index (κ2) is 8.95. The molecule has 0 spiro atoms. The lowest BCUT2D eigenvalue weighted by Crippen LogP contribution is -2.28. The molecular weight excluding hydrogens is 224 g/mol. The van der Waals surface area contributed by atoms with E-state index in [0.717, 1.165) is 51.4 Å². The lowest BCUT2D eigenvalue weighted by atomic mass is 10.2. The number of anilines is 1. The van der Waals surface area contributed by atoms with E-state index in [2.05, 4.69) is 30.9 Å². The van der Waals surface area contributed by atoms with Gasteiger partial charge in [0.1, 0.15) is 0 Å². The van der Waals surface area contributed by atoms with Crippen LogP contribution in [0.15, 0.2) is 24.3 Å². The molecule has 1 aromatic carbocycles. The van der Waals surface area contributed by atoms with Gasteiger partial charge in [0.25, 0.3) is 0 Å². The van der Waals surface area contributed by atoms with Gasteiger partial charge in [-0.1, -0.05) is 26.0 Å². The summed E-state index contributed by atoms with van der Waals surface area (Å²) in [7, 11) is 0. The second-order valence-corrected chi connectivity index (χ2v) is 4.63. The average molecular weight is 250 g/mol. The number of rotatable bonds is 9. The maximum absolute atomic E-state index is 5.80. The quantitative estimate of drug-likeness (QED) is 0.541. The highest BCUT2D eigenvalue weighted by atomic mass is 16.5. The zero-order valence-electron chi connectivity index (χ0n) is 11.7. The lowest BCUT2D eigenvalue weighted by Gasteiger charge is -2.21. The van der Waals surface area contributed by atoms with E-state index in [1.807, 2.05) is 12.1 Å². The van der Waals surface area contributed by atoms with Gasteiger partial charge in [0.2, 0.25) is 0 Å². The number of benzene rings is 1. The largest absolute Gasteiger partial charge is 0.399 e. The van der Waals surface area contributed by atoms with Crippen molar-refractivity contribution >= 4 is 5.69 Å². The van der Waals surface area contributed by atoms with Crippen LogP contribution in [0.3, 0.4) is 0 Å². The van der Waals surface area contributed by atoms with Gasteiger partial charge < -0.3 is 10.5 Å². The third kappa shape index (κ3) is 6.03. The summed E-state index contributed by atoms with van der Waals surface area (Å²) >= 11 is 0. The summed E-state index contributed by atoms with van der Waals surface area (Å²) in [5.74, 6) is 0. The molecule has 0 aliphatic rings. The molecule has 0 heterocycles. The van der Waals surface area contributed by atoms with Crippen LogP contribution in [0, 0.1) is 0 Å². The Bertz CT molecular complexity index is 328. The number of hydrogen-bond donors (Lipinski definition) is 1. The van der Waals surface area contributed by atoms with Crippen molar-refractivity contribution in [1.82, 2.24) is 4.90 Å². The van der Waals surface area contributed by atoms with Gasteiger partial charge in [0.15, 0.2) is 0 Å². The molecule has 18 heavy (non-hydrogen) atoms. The molecule has 3 heteroatoms. The Morgan fingerprint density at radius 1 is 1.11 bits per heavy atom. The van der Waals surface area contributed by atoms with E-state index in [0.29, 0.717) is 0 Å². The van der Waals surface area contributed by atoms with E-state index in [9.17, 15) is 0 Å². The number of nitrogen functional groups attached to an aromatic ring is 1. The number of hydrogen-bond acceptors (Lipinski definition) is 3. The first kappa shape index (κ1) is 15.0. The molecule has 0 aliphatic carbocycles. The fraction of sp³-hybridized carbons (Fsp3) is 0.600. The van der Waals surface area contributed by atoms with Gasteiger partial charge in [-0.25, -0.2) is 0 Å². The molecule has 0 amide bonds. The summed E-state index contributed by atoms with van der Waals surface area (Å²) in [6.45, 7) is 9.06. The topological polar surface area (TPSA) is 38.5 Å². The fourth-order valence-electron chi connectivity index (χ4n) is 1.98. The standard InChI is InChI=1S/C15H26N2O/c1-3-8-17(9-11-18-10-4-2)13-14-6-5-7-15(16)12-14/h5-7,12H,3-4,8-11,13,16H2,1-2H3. The van der Waals surface area contributed by atoms with E-state index >= 15 is 0 Å². The van der Waals surface area contributed by atoms with Crippen molar-refractivity contribution in [2.45, 2.75) is 33.2 Å². The van der Waals surface area contributed by atoms with Gasteiger partial charge in [0.05, 0.1) is 6.61 Å². The van der Waals surface area contributed by atoms with Crippen LogP contribution in [0.4, 0.5) is 5.69 Å². The first-order chi connectivity index (χ1) is 8.76. The Morgan fingerprint density at radius 2 is 1.94 bits per heavy atom. The maximum Gasteiger partial charge on any atom is 0.0593 e. The molecular formula is C15H26N2O. The predicted molar refractivity (Wildman–Crippen MR) is 77.5 cm³/mol. The molecule has 2 N–H and O–H groups in total. The first-order valence-electron chi connectivity index (χ1n) is 6.90. The van der Waals surface area contributed by atoms with Crippen molar-refractivity contribution in [3.8, 4) is 0 Å². The zero-order valence-corrected chi connectivity index (χ0v) is 11.7. The van der Waals surface area contributed by atoms with Crippen LogP contribution >= 0.6 is 0 Å². The van der Waals surface area contributed by atoms with Crippen molar-refractivity contribution in [3.63, 3.8) is 0 Å². The molecule has 0 fully saturated rings. The minimum absolute atomic E-state index is 0.816. The van der Waals surface area contributed by atoms with E-state index < -0.39 is 0 Å². The minimum atomic E-state index is 0.816. The highest BCUT2D eigenvalue weighted by Crippen LogP contribution is 2.09. The predicted octanol–water partition coefficient (Wildman–Crippen LogP) is 2.91. The number of nitrogens with zero attached hydrogens (tertiary/aromatic N) is 1. The van der Waals surface area contributed by atoms with E-state index in [-0.39, 0.29) is 0 Å². The van der Waals surface area contributed by atoms with Crippen LogP contribution in [0.2, 0.25) is 0 Å². The summed E-state index contributed by atoms with van der Waals surface area (Å²) in [5.41, 5.74) is 7.92. The summed E-state index contributed by atoms with van der Waals surface area (Å²) in [6.07, 6.45) is 2.25. The summed E-state index contributed by atoms with van der Waals surface area (Å²) in [4.78, 5) is 2.42. The molecule has 0 aliphatic heterocycles. The minimum Gasteiger partial charge on any atom is -0.399 e. The molecule has 0 unspecified atom stereocenters. The Morgan fingerprint density at radius 3 is 2.61 bits per heavy atom. The molecule has 0 atom stereocenters. The SMILES string of the molecule is CCCOCCN(CCC)Cc1cccc(N)c1. The smallest absolute Gasteiger partial charge is 0.0593 e. The van der Waals surface area contributed by atoms with Gasteiger partial charge in [0, 0.05) is 25.4 Å². The lowest BCUT2D eigenvalue weighted by molar-refractivity contribution is 0.101. The molecule has 1 rings (SSSR count). The second-order valence-electron chi connectivity index (χ2n) is 4.63. The average Bonchev–Trinajstić information content (AvgIpc) is 2.35. The Kier molecular flexibility index (Phi) is 7.46. The van der Waals surface area contributed by atoms with Gasteiger partial charge >= 0.3 is 0 Å². The highest BCUT2D eigenvalue weighted by Gasteiger charge is 2.05. The molecule has 0 saturated heterocycles. The van der Waals surface area contributed by atoms with Gasteiger partial charge in [-0.15, -0.1) is 0 Å². The molecule has 1 aromatic rings. The third-order valence-electron chi connectivity index (χ3n) is 2.80. The van der Waals surface area contributed by atoms with Crippen molar-refractivity contribution < 1.29 is 4.74 Å². The van der Waals surface area contributed by atoms with Crippen molar-refractivity contribution in [2.75, 3.05) is 32.0 Å². The summed E-state index contributed by atoms with van der Waals surface area (Å²) in [6, 6.07) is 8.13. The molecule has 0 bridgehead atoms. The Balaban J connectivity index is 2.41. The normalized spacial score (nSPS) is 11.1. The monoisotopic (exact) mass is 250 g/mol. The summed E-state index contributed by atoms with van der Waals surface area (Å²) < 4.78 is 5.55. The van der Waals surface area contributed by atoms with E-state index in [1.165, 1.54) is 5.56 Å². The number of nitrogens with two attached hydrogens (primary N) is 1. The van der Waals surface area contributed by atoms with Crippen LogP contribution in [0.25, 0.3) is 0 Å². The van der Waals surface area contributed by atoms with Crippen LogP contribution in [-0.4, -0.2) is 31.2 Å². The fourth-order valence-corrected chi connectivity index (χ4v) is 1.98. The number of ether oxygens (including phenoxy) is 1. The molecule has 3 nitrogen and oxygen atoms in total. The van der Waals surface area contributed by atoms with Crippen molar-refractivity contribution in [1.29, 1.82) is 0 Å². The van der Waals surface area contributed by atoms with E-state index in [4.69, 9.17) is 10.5 Å². The van der Waals surface area contributed by atoms with Crippen LogP contribution in [0.1, 0.15) is 32.3 Å². The third-order valence-corrected chi connectivity index (χ3v) is 2.80. The molecule has 0 aromatic heterocycles.